The average Bonchev–Trinajstić information content (AvgIpc) is 3.12. The van der Waals surface area contributed by atoms with Crippen molar-refractivity contribution in [3.05, 3.63) is 87.8 Å². The van der Waals surface area contributed by atoms with E-state index >= 15 is 0 Å². The van der Waals surface area contributed by atoms with Gasteiger partial charge in [0.1, 0.15) is 5.69 Å². The number of aromatic amines is 1. The van der Waals surface area contributed by atoms with E-state index in [1.54, 1.807) is 13.0 Å². The molecule has 0 amide bonds. The van der Waals surface area contributed by atoms with Crippen LogP contribution in [0.25, 0.3) is 16.8 Å². The molecule has 0 aliphatic heterocycles. The number of phenols is 1. The summed E-state index contributed by atoms with van der Waals surface area (Å²) < 4.78 is 63.9. The van der Waals surface area contributed by atoms with Crippen LogP contribution in [-0.4, -0.2) is 28.8 Å². The first-order chi connectivity index (χ1) is 17.8. The molecule has 0 aliphatic carbocycles. The number of H-pyrrole nitrogens is 1. The second-order valence-electron chi connectivity index (χ2n) is 8.50. The molecule has 0 aliphatic rings. The molecule has 3 aromatic carbocycles. The lowest BCUT2D eigenvalue weighted by atomic mass is 10.0. The second kappa shape index (κ2) is 9.82. The van der Waals surface area contributed by atoms with Gasteiger partial charge in [0.05, 0.1) is 11.4 Å². The Morgan fingerprint density at radius 1 is 0.947 bits per heavy atom. The summed E-state index contributed by atoms with van der Waals surface area (Å²) in [6.07, 6.45) is 0. The van der Waals surface area contributed by atoms with E-state index < -0.39 is 21.1 Å². The van der Waals surface area contributed by atoms with Gasteiger partial charge in [0.15, 0.2) is 11.4 Å². The Morgan fingerprint density at radius 2 is 1.66 bits per heavy atom. The Bertz CT molecular complexity index is 1720. The van der Waals surface area contributed by atoms with Crippen LogP contribution in [-0.2, 0) is 10.0 Å². The fourth-order valence-corrected chi connectivity index (χ4v) is 4.17. The summed E-state index contributed by atoms with van der Waals surface area (Å²) in [6.45, 7) is 5.54. The van der Waals surface area contributed by atoms with Crippen LogP contribution < -0.4 is 10.3 Å². The van der Waals surface area contributed by atoms with Crippen molar-refractivity contribution in [2.24, 2.45) is 10.2 Å². The topological polar surface area (TPSA) is 129 Å². The predicted molar refractivity (Wildman–Crippen MR) is 137 cm³/mol. The van der Waals surface area contributed by atoms with E-state index in [1.807, 2.05) is 26.0 Å². The molecule has 0 radical (unpaired) electrons. The number of aromatic hydroxyl groups is 1. The van der Waals surface area contributed by atoms with Crippen LogP contribution in [0.4, 0.5) is 30.2 Å². The van der Waals surface area contributed by atoms with E-state index in [0.29, 0.717) is 11.4 Å². The summed E-state index contributed by atoms with van der Waals surface area (Å²) in [5, 5.41) is 21.8. The van der Waals surface area contributed by atoms with Gasteiger partial charge in [0, 0.05) is 11.3 Å². The minimum atomic E-state index is -5.62. The first-order valence-electron chi connectivity index (χ1n) is 11.1. The highest BCUT2D eigenvalue weighted by molar-refractivity contribution is 7.93. The van der Waals surface area contributed by atoms with Crippen LogP contribution in [0.3, 0.4) is 0 Å². The SMILES string of the molecule is Cc1ccc(-n2[nH]c(C)c(N=Nc3cccc(-c4cccc(NS(=O)(=O)C(F)(F)F)c4)c3O)c2=O)cc1C. The number of phenolic OH excluding ortho intramolecular Hbond substituents is 1. The lowest BCUT2D eigenvalue weighted by Gasteiger charge is -2.12. The van der Waals surface area contributed by atoms with Gasteiger partial charge in [0.2, 0.25) is 0 Å². The maximum atomic E-state index is 13.0. The number of aryl methyl sites for hydroxylation is 3. The van der Waals surface area contributed by atoms with Gasteiger partial charge < -0.3 is 5.11 Å². The highest BCUT2D eigenvalue weighted by Crippen LogP contribution is 2.39. The van der Waals surface area contributed by atoms with E-state index in [-0.39, 0.29) is 33.9 Å². The first kappa shape index (κ1) is 26.7. The summed E-state index contributed by atoms with van der Waals surface area (Å²) in [6, 6.07) is 15.0. The van der Waals surface area contributed by atoms with Gasteiger partial charge >= 0.3 is 15.5 Å². The second-order valence-corrected chi connectivity index (χ2v) is 10.2. The number of hydrogen-bond acceptors (Lipinski definition) is 6. The van der Waals surface area contributed by atoms with Crippen LogP contribution in [0.5, 0.6) is 5.75 Å². The van der Waals surface area contributed by atoms with Crippen LogP contribution in [0.2, 0.25) is 0 Å². The van der Waals surface area contributed by atoms with Crippen LogP contribution in [0.15, 0.2) is 75.7 Å². The van der Waals surface area contributed by atoms with Gasteiger partial charge in [-0.3, -0.25) is 14.6 Å². The van der Waals surface area contributed by atoms with E-state index in [2.05, 4.69) is 15.3 Å². The summed E-state index contributed by atoms with van der Waals surface area (Å²) in [7, 11) is -5.62. The zero-order chi connectivity index (χ0) is 27.8. The Labute approximate surface area is 215 Å². The van der Waals surface area contributed by atoms with Crippen molar-refractivity contribution < 1.29 is 26.7 Å². The van der Waals surface area contributed by atoms with Gasteiger partial charge in [-0.05, 0) is 67.8 Å². The molecule has 0 fully saturated rings. The largest absolute Gasteiger partial charge is 0.516 e. The standard InChI is InChI=1S/C25H22F3N5O4S/c1-14-10-11-19(12-15(14)2)33-24(35)22(16(3)31-33)30-29-21-9-5-8-20(23(21)34)17-6-4-7-18(13-17)32-38(36,37)25(26,27)28/h4-13,31-32,34H,1-3H3. The van der Waals surface area contributed by atoms with Gasteiger partial charge in [-0.15, -0.1) is 10.2 Å². The number of azo groups is 1. The van der Waals surface area contributed by atoms with E-state index in [4.69, 9.17) is 0 Å². The van der Waals surface area contributed by atoms with Crippen molar-refractivity contribution in [2.45, 2.75) is 26.3 Å². The average molecular weight is 546 g/mol. The molecule has 9 nitrogen and oxygen atoms in total. The maximum absolute atomic E-state index is 13.0. The van der Waals surface area contributed by atoms with Gasteiger partial charge in [0.25, 0.3) is 5.56 Å². The smallest absolute Gasteiger partial charge is 0.505 e. The molecule has 0 unspecified atom stereocenters. The molecule has 0 spiro atoms. The number of alkyl halides is 3. The highest BCUT2D eigenvalue weighted by atomic mass is 32.2. The molecule has 0 saturated carbocycles. The summed E-state index contributed by atoms with van der Waals surface area (Å²) in [5.41, 5.74) is -2.76. The minimum Gasteiger partial charge on any atom is -0.505 e. The van der Waals surface area contributed by atoms with Crippen LogP contribution in [0.1, 0.15) is 16.8 Å². The zero-order valence-corrected chi connectivity index (χ0v) is 21.1. The Morgan fingerprint density at radius 3 is 2.34 bits per heavy atom. The zero-order valence-electron chi connectivity index (χ0n) is 20.3. The van der Waals surface area contributed by atoms with Crippen molar-refractivity contribution in [3.8, 4) is 22.6 Å². The normalized spacial score (nSPS) is 12.3. The maximum Gasteiger partial charge on any atom is 0.516 e. The molecule has 13 heteroatoms. The number of halogens is 3. The van der Waals surface area contributed by atoms with Crippen molar-refractivity contribution in [2.75, 3.05) is 4.72 Å². The van der Waals surface area contributed by atoms with Crippen molar-refractivity contribution in [1.82, 2.24) is 9.78 Å². The molecule has 3 N–H and O–H groups in total. The van der Waals surface area contributed by atoms with Gasteiger partial charge in [-0.25, -0.2) is 4.68 Å². The van der Waals surface area contributed by atoms with E-state index in [9.17, 15) is 31.5 Å². The summed E-state index contributed by atoms with van der Waals surface area (Å²) >= 11 is 0. The van der Waals surface area contributed by atoms with Gasteiger partial charge in [-0.1, -0.05) is 30.3 Å². The number of benzene rings is 3. The summed E-state index contributed by atoms with van der Waals surface area (Å²) in [5.74, 6) is -0.366. The lowest BCUT2D eigenvalue weighted by Crippen LogP contribution is -2.29. The minimum absolute atomic E-state index is 0.0125. The Kier molecular flexibility index (Phi) is 6.89. The molecule has 4 rings (SSSR count). The predicted octanol–water partition coefficient (Wildman–Crippen LogP) is 6.14. The number of rotatable bonds is 6. The van der Waals surface area contributed by atoms with Crippen molar-refractivity contribution in [1.29, 1.82) is 0 Å². The molecule has 4 aromatic rings. The van der Waals surface area contributed by atoms with Gasteiger partial charge in [-0.2, -0.15) is 21.6 Å². The molecule has 1 aromatic heterocycles. The number of hydrogen-bond donors (Lipinski definition) is 3. The monoisotopic (exact) mass is 545 g/mol. The lowest BCUT2D eigenvalue weighted by molar-refractivity contribution is -0.0429. The Balaban J connectivity index is 1.66. The molecule has 38 heavy (non-hydrogen) atoms. The van der Waals surface area contributed by atoms with Crippen LogP contribution >= 0.6 is 0 Å². The third kappa shape index (κ3) is 5.18. The van der Waals surface area contributed by atoms with Crippen LogP contribution in [0, 0.1) is 20.8 Å². The van der Waals surface area contributed by atoms with Crippen molar-refractivity contribution >= 4 is 27.1 Å². The fraction of sp³-hybridized carbons (Fsp3) is 0.160. The number of aromatic nitrogens is 2. The molecule has 0 atom stereocenters. The Hall–Kier alpha value is -4.39. The molecular formula is C25H22F3N5O4S. The first-order valence-corrected chi connectivity index (χ1v) is 12.6. The number of nitrogens with one attached hydrogen (secondary N) is 2. The molecule has 1 heterocycles. The molecule has 0 saturated heterocycles. The number of para-hydroxylation sites is 1. The van der Waals surface area contributed by atoms with E-state index in [1.165, 1.54) is 39.7 Å². The highest BCUT2D eigenvalue weighted by Gasteiger charge is 2.46. The van der Waals surface area contributed by atoms with E-state index in [0.717, 1.165) is 23.3 Å². The fourth-order valence-electron chi connectivity index (χ4n) is 3.61. The third-order valence-corrected chi connectivity index (χ3v) is 6.91. The quantitative estimate of drug-likeness (QED) is 0.251. The molecular weight excluding hydrogens is 523 g/mol. The summed E-state index contributed by atoms with van der Waals surface area (Å²) in [4.78, 5) is 13.0. The number of sulfonamides is 1. The third-order valence-electron chi connectivity index (χ3n) is 5.79. The molecule has 198 valence electrons. The number of nitrogens with zero attached hydrogens (tertiary/aromatic N) is 3. The number of anilines is 1. The van der Waals surface area contributed by atoms with Crippen molar-refractivity contribution in [3.63, 3.8) is 0 Å². The molecule has 0 bridgehead atoms.